The number of ether oxygens (including phenoxy) is 4. The van der Waals surface area contributed by atoms with Gasteiger partial charge in [-0.05, 0) is 57.1 Å². The number of rotatable bonds is 12. The number of hydrogen-bond acceptors (Lipinski definition) is 5. The van der Waals surface area contributed by atoms with Crippen molar-refractivity contribution >= 4 is 12.0 Å². The third-order valence-electron chi connectivity index (χ3n) is 4.76. The van der Waals surface area contributed by atoms with Crippen LogP contribution in [0.5, 0.6) is 5.75 Å². The first-order valence-electron chi connectivity index (χ1n) is 10.5. The van der Waals surface area contributed by atoms with Crippen LogP contribution in [0.25, 0.3) is 6.08 Å². The Labute approximate surface area is 169 Å². The largest absolute Gasteiger partial charge is 0.496 e. The van der Waals surface area contributed by atoms with Crippen LogP contribution in [0, 0.1) is 0 Å². The van der Waals surface area contributed by atoms with Crippen LogP contribution in [0.3, 0.4) is 0 Å². The van der Waals surface area contributed by atoms with Crippen molar-refractivity contribution in [2.24, 2.45) is 0 Å². The van der Waals surface area contributed by atoms with E-state index >= 15 is 0 Å². The molecule has 1 aromatic rings. The molecule has 1 atom stereocenters. The molecule has 0 bridgehead atoms. The molecule has 0 aliphatic carbocycles. The summed E-state index contributed by atoms with van der Waals surface area (Å²) in [5.74, 6) is 0.198. The van der Waals surface area contributed by atoms with Gasteiger partial charge in [-0.25, -0.2) is 4.79 Å². The highest BCUT2D eigenvalue weighted by Gasteiger charge is 2.16. The minimum atomic E-state index is -0.346. The number of allylic oxidation sites excluding steroid dienone is 1. The molecule has 1 fully saturated rings. The number of esters is 1. The first kappa shape index (κ1) is 22.4. The van der Waals surface area contributed by atoms with E-state index in [-0.39, 0.29) is 12.3 Å². The highest BCUT2D eigenvalue weighted by Crippen LogP contribution is 2.24. The van der Waals surface area contributed by atoms with Crippen molar-refractivity contribution in [3.05, 3.63) is 35.4 Å². The van der Waals surface area contributed by atoms with Crippen LogP contribution >= 0.6 is 0 Å². The molecular weight excluding hydrogens is 356 g/mol. The number of carbonyl (C=O) groups is 1. The SMILES string of the molecule is CCOC(=O)c1c(/C=C/CCCCCCOC2CCCCO2)cccc1OC. The van der Waals surface area contributed by atoms with Crippen molar-refractivity contribution in [2.75, 3.05) is 26.9 Å². The molecule has 0 spiro atoms. The van der Waals surface area contributed by atoms with Gasteiger partial charge in [0.05, 0.1) is 13.7 Å². The number of methoxy groups -OCH3 is 1. The molecule has 28 heavy (non-hydrogen) atoms. The Morgan fingerprint density at radius 2 is 2.07 bits per heavy atom. The van der Waals surface area contributed by atoms with Crippen LogP contribution in [-0.2, 0) is 14.2 Å². The minimum absolute atomic E-state index is 0.0214. The summed E-state index contributed by atoms with van der Waals surface area (Å²) < 4.78 is 21.8. The number of carbonyl (C=O) groups excluding carboxylic acids is 1. The third-order valence-corrected chi connectivity index (χ3v) is 4.76. The van der Waals surface area contributed by atoms with E-state index in [0.717, 1.165) is 57.3 Å². The average molecular weight is 391 g/mol. The van der Waals surface area contributed by atoms with E-state index in [0.29, 0.717) is 17.9 Å². The quantitative estimate of drug-likeness (QED) is 0.354. The zero-order valence-corrected chi connectivity index (χ0v) is 17.3. The van der Waals surface area contributed by atoms with Crippen LogP contribution in [0.4, 0.5) is 0 Å². The second-order valence-electron chi connectivity index (χ2n) is 6.92. The van der Waals surface area contributed by atoms with Crippen molar-refractivity contribution in [3.63, 3.8) is 0 Å². The molecular formula is C23H34O5. The van der Waals surface area contributed by atoms with Gasteiger partial charge < -0.3 is 18.9 Å². The molecule has 0 radical (unpaired) electrons. The molecule has 2 rings (SSSR count). The van der Waals surface area contributed by atoms with Crippen molar-refractivity contribution in [3.8, 4) is 5.75 Å². The van der Waals surface area contributed by atoms with Crippen molar-refractivity contribution < 1.29 is 23.7 Å². The van der Waals surface area contributed by atoms with E-state index < -0.39 is 0 Å². The molecule has 1 aromatic carbocycles. The van der Waals surface area contributed by atoms with Crippen LogP contribution in [0.15, 0.2) is 24.3 Å². The summed E-state index contributed by atoms with van der Waals surface area (Å²) in [7, 11) is 1.57. The fourth-order valence-electron chi connectivity index (χ4n) is 3.26. The Balaban J connectivity index is 1.67. The molecule has 0 N–H and O–H groups in total. The maximum Gasteiger partial charge on any atom is 0.342 e. The van der Waals surface area contributed by atoms with E-state index in [1.807, 2.05) is 18.2 Å². The molecule has 1 aliphatic heterocycles. The molecule has 5 heteroatoms. The van der Waals surface area contributed by atoms with Gasteiger partial charge in [-0.1, -0.05) is 37.1 Å². The Hall–Kier alpha value is -1.85. The standard InChI is InChI=1S/C23H34O5/c1-3-26-23(24)22-19(14-12-15-20(22)25-2)13-8-6-4-5-7-10-17-27-21-16-9-11-18-28-21/h8,12-15,21H,3-7,9-11,16-18H2,1-2H3/b13-8+. The average Bonchev–Trinajstić information content (AvgIpc) is 2.73. The Morgan fingerprint density at radius 1 is 1.21 bits per heavy atom. The van der Waals surface area contributed by atoms with Gasteiger partial charge in [0.25, 0.3) is 0 Å². The molecule has 0 saturated carbocycles. The van der Waals surface area contributed by atoms with Crippen LogP contribution in [0.2, 0.25) is 0 Å². The van der Waals surface area contributed by atoms with Gasteiger partial charge in [0.15, 0.2) is 6.29 Å². The first-order valence-corrected chi connectivity index (χ1v) is 10.5. The topological polar surface area (TPSA) is 54.0 Å². The molecule has 0 amide bonds. The molecule has 0 aromatic heterocycles. The molecule has 1 aliphatic rings. The van der Waals surface area contributed by atoms with E-state index in [1.165, 1.54) is 12.8 Å². The normalized spacial score (nSPS) is 17.0. The Kier molecular flexibility index (Phi) is 10.7. The maximum atomic E-state index is 12.2. The number of hydrogen-bond donors (Lipinski definition) is 0. The Morgan fingerprint density at radius 3 is 2.82 bits per heavy atom. The smallest absolute Gasteiger partial charge is 0.342 e. The summed E-state index contributed by atoms with van der Waals surface area (Å²) in [6.45, 7) is 3.77. The van der Waals surface area contributed by atoms with Gasteiger partial charge in [-0.2, -0.15) is 0 Å². The summed E-state index contributed by atoms with van der Waals surface area (Å²) in [5, 5.41) is 0. The van der Waals surface area contributed by atoms with E-state index in [9.17, 15) is 4.79 Å². The third kappa shape index (κ3) is 7.64. The molecule has 1 unspecified atom stereocenters. The van der Waals surface area contributed by atoms with Gasteiger partial charge in [-0.15, -0.1) is 0 Å². The van der Waals surface area contributed by atoms with Crippen molar-refractivity contribution in [1.82, 2.24) is 0 Å². The summed E-state index contributed by atoms with van der Waals surface area (Å²) in [5.41, 5.74) is 1.32. The first-order chi connectivity index (χ1) is 13.8. The lowest BCUT2D eigenvalue weighted by Gasteiger charge is -2.22. The predicted molar refractivity (Wildman–Crippen MR) is 111 cm³/mol. The predicted octanol–water partition coefficient (Wildman–Crippen LogP) is 5.38. The molecule has 1 heterocycles. The fraction of sp³-hybridized carbons (Fsp3) is 0.609. The van der Waals surface area contributed by atoms with Gasteiger partial charge in [-0.3, -0.25) is 0 Å². The monoisotopic (exact) mass is 390 g/mol. The van der Waals surface area contributed by atoms with Crippen molar-refractivity contribution in [2.45, 2.75) is 64.6 Å². The molecule has 156 valence electrons. The zero-order chi connectivity index (χ0) is 20.0. The summed E-state index contributed by atoms with van der Waals surface area (Å²) in [6, 6.07) is 5.58. The van der Waals surface area contributed by atoms with Crippen LogP contribution in [-0.4, -0.2) is 39.2 Å². The zero-order valence-electron chi connectivity index (χ0n) is 17.3. The summed E-state index contributed by atoms with van der Waals surface area (Å²) in [6.07, 6.45) is 13.0. The Bertz CT molecular complexity index is 605. The second kappa shape index (κ2) is 13.3. The molecule has 1 saturated heterocycles. The van der Waals surface area contributed by atoms with Gasteiger partial charge in [0.2, 0.25) is 0 Å². The highest BCUT2D eigenvalue weighted by molar-refractivity contribution is 5.96. The van der Waals surface area contributed by atoms with Gasteiger partial charge >= 0.3 is 5.97 Å². The lowest BCUT2D eigenvalue weighted by atomic mass is 10.0. The van der Waals surface area contributed by atoms with Crippen molar-refractivity contribution in [1.29, 1.82) is 0 Å². The lowest BCUT2D eigenvalue weighted by Crippen LogP contribution is -2.22. The van der Waals surface area contributed by atoms with Crippen LogP contribution < -0.4 is 4.74 Å². The maximum absolute atomic E-state index is 12.2. The van der Waals surface area contributed by atoms with Gasteiger partial charge in [0, 0.05) is 13.2 Å². The highest BCUT2D eigenvalue weighted by atomic mass is 16.7. The molecule has 5 nitrogen and oxygen atoms in total. The van der Waals surface area contributed by atoms with Gasteiger partial charge in [0.1, 0.15) is 11.3 Å². The minimum Gasteiger partial charge on any atom is -0.496 e. The summed E-state index contributed by atoms with van der Waals surface area (Å²) in [4.78, 5) is 12.2. The summed E-state index contributed by atoms with van der Waals surface area (Å²) >= 11 is 0. The van der Waals surface area contributed by atoms with E-state index in [2.05, 4.69) is 6.08 Å². The second-order valence-corrected chi connectivity index (χ2v) is 6.92. The number of unbranched alkanes of at least 4 members (excludes halogenated alkanes) is 4. The number of benzene rings is 1. The van der Waals surface area contributed by atoms with E-state index in [1.54, 1.807) is 20.1 Å². The fourth-order valence-corrected chi connectivity index (χ4v) is 3.26. The lowest BCUT2D eigenvalue weighted by molar-refractivity contribution is -0.162. The van der Waals surface area contributed by atoms with Crippen LogP contribution in [0.1, 0.15) is 74.2 Å². The van der Waals surface area contributed by atoms with E-state index in [4.69, 9.17) is 18.9 Å².